The van der Waals surface area contributed by atoms with E-state index in [9.17, 15) is 19.1 Å². The SMILES string of the molecule is N[C@@H]1CN(c2c(F)cc3c(=O)c(C(=O)O)cn([C@@H]4C[C@@H]4F)c3c2Br)CC12CC2. The van der Waals surface area contributed by atoms with Crippen LogP contribution in [0, 0.1) is 11.2 Å². The van der Waals surface area contributed by atoms with Crippen molar-refractivity contribution in [3.05, 3.63) is 38.3 Å². The van der Waals surface area contributed by atoms with Crippen LogP contribution >= 0.6 is 15.9 Å². The maximum Gasteiger partial charge on any atom is 0.341 e. The van der Waals surface area contributed by atoms with Gasteiger partial charge in [-0.05, 0) is 34.8 Å². The summed E-state index contributed by atoms with van der Waals surface area (Å²) in [6, 6.07) is 0.455. The molecule has 3 atom stereocenters. The number of halogens is 3. The number of aromatic nitrogens is 1. The van der Waals surface area contributed by atoms with E-state index in [1.165, 1.54) is 10.8 Å². The Morgan fingerprint density at radius 3 is 2.61 bits per heavy atom. The molecular weight excluding hydrogens is 436 g/mol. The molecule has 5 rings (SSSR count). The molecule has 2 heterocycles. The van der Waals surface area contributed by atoms with Crippen molar-refractivity contribution in [2.24, 2.45) is 11.1 Å². The van der Waals surface area contributed by atoms with E-state index in [2.05, 4.69) is 15.9 Å². The Morgan fingerprint density at radius 2 is 2.07 bits per heavy atom. The van der Waals surface area contributed by atoms with E-state index in [1.54, 1.807) is 0 Å². The topological polar surface area (TPSA) is 88.6 Å². The molecule has 28 heavy (non-hydrogen) atoms. The zero-order chi connectivity index (χ0) is 20.0. The predicted octanol–water partition coefficient (Wildman–Crippen LogP) is 2.81. The fraction of sp³-hybridized carbons (Fsp3) is 0.474. The minimum Gasteiger partial charge on any atom is -0.477 e. The van der Waals surface area contributed by atoms with Crippen LogP contribution in [0.25, 0.3) is 10.9 Å². The lowest BCUT2D eigenvalue weighted by Crippen LogP contribution is -2.30. The number of anilines is 1. The molecule has 1 aromatic heterocycles. The molecule has 2 saturated carbocycles. The van der Waals surface area contributed by atoms with Crippen molar-refractivity contribution in [3.8, 4) is 0 Å². The average Bonchev–Trinajstić information content (AvgIpc) is 3.51. The second-order valence-corrected chi connectivity index (χ2v) is 8.96. The van der Waals surface area contributed by atoms with Crippen molar-refractivity contribution in [1.82, 2.24) is 4.57 Å². The van der Waals surface area contributed by atoms with Crippen LogP contribution in [0.1, 0.15) is 35.7 Å². The van der Waals surface area contributed by atoms with E-state index in [-0.39, 0.29) is 23.3 Å². The number of benzene rings is 1. The van der Waals surface area contributed by atoms with Gasteiger partial charge in [0.2, 0.25) is 5.43 Å². The molecule has 6 nitrogen and oxygen atoms in total. The third-order valence-electron chi connectivity index (χ3n) is 6.37. The second kappa shape index (κ2) is 5.76. The molecular formula is C19H18BrF2N3O3. The average molecular weight is 454 g/mol. The van der Waals surface area contributed by atoms with Gasteiger partial charge >= 0.3 is 5.97 Å². The highest BCUT2D eigenvalue weighted by Crippen LogP contribution is 2.54. The summed E-state index contributed by atoms with van der Waals surface area (Å²) in [6.07, 6.45) is 2.30. The summed E-state index contributed by atoms with van der Waals surface area (Å²) in [5.41, 5.74) is 5.61. The molecule has 148 valence electrons. The Labute approximate surface area is 167 Å². The minimum atomic E-state index is -1.42. The molecule has 1 aromatic carbocycles. The monoisotopic (exact) mass is 453 g/mol. The number of rotatable bonds is 3. The molecule has 1 spiro atoms. The van der Waals surface area contributed by atoms with Crippen molar-refractivity contribution >= 4 is 38.5 Å². The number of nitrogens with two attached hydrogens (primary N) is 1. The lowest BCUT2D eigenvalue weighted by molar-refractivity contribution is 0.0694. The highest BCUT2D eigenvalue weighted by atomic mass is 79.9. The number of pyridine rings is 1. The molecule has 2 aliphatic carbocycles. The number of carbonyl (C=O) groups is 1. The Balaban J connectivity index is 1.75. The lowest BCUT2D eigenvalue weighted by atomic mass is 10.0. The van der Waals surface area contributed by atoms with Gasteiger partial charge in [0, 0.05) is 37.2 Å². The van der Waals surface area contributed by atoms with E-state index in [4.69, 9.17) is 5.73 Å². The summed E-state index contributed by atoms with van der Waals surface area (Å²) in [5.74, 6) is -2.04. The third-order valence-corrected chi connectivity index (χ3v) is 7.12. The summed E-state index contributed by atoms with van der Waals surface area (Å²) in [7, 11) is 0. The van der Waals surface area contributed by atoms with Gasteiger partial charge in [0.05, 0.1) is 27.1 Å². The molecule has 9 heteroatoms. The summed E-state index contributed by atoms with van der Waals surface area (Å²) >= 11 is 3.43. The largest absolute Gasteiger partial charge is 0.477 e. The summed E-state index contributed by atoms with van der Waals surface area (Å²) in [4.78, 5) is 26.0. The van der Waals surface area contributed by atoms with E-state index in [0.717, 1.165) is 18.9 Å². The zero-order valence-corrected chi connectivity index (χ0v) is 16.4. The van der Waals surface area contributed by atoms with Crippen LogP contribution in [0.2, 0.25) is 0 Å². The van der Waals surface area contributed by atoms with Crippen LogP contribution in [0.3, 0.4) is 0 Å². The number of hydrogen-bond donors (Lipinski definition) is 2. The van der Waals surface area contributed by atoms with Crippen LogP contribution in [-0.4, -0.2) is 40.9 Å². The van der Waals surface area contributed by atoms with E-state index in [0.29, 0.717) is 28.8 Å². The Bertz CT molecular complexity index is 1100. The molecule has 1 saturated heterocycles. The van der Waals surface area contributed by atoms with Crippen LogP contribution in [0.5, 0.6) is 0 Å². The molecule has 1 aliphatic heterocycles. The van der Waals surface area contributed by atoms with E-state index < -0.39 is 35.0 Å². The van der Waals surface area contributed by atoms with Gasteiger partial charge in [-0.15, -0.1) is 0 Å². The van der Waals surface area contributed by atoms with Crippen LogP contribution in [-0.2, 0) is 0 Å². The smallest absolute Gasteiger partial charge is 0.341 e. The van der Waals surface area contributed by atoms with Crippen molar-refractivity contribution in [1.29, 1.82) is 0 Å². The van der Waals surface area contributed by atoms with Gasteiger partial charge in [-0.3, -0.25) is 4.79 Å². The van der Waals surface area contributed by atoms with Gasteiger partial charge in [0.1, 0.15) is 17.6 Å². The van der Waals surface area contributed by atoms with Gasteiger partial charge in [0.15, 0.2) is 0 Å². The normalized spacial score (nSPS) is 27.6. The standard InChI is InChI=1S/C19H18BrF2N3O3/c20-14-15-8(17(26)9(18(27)28)5-25(15)12-4-10(12)21)3-11(22)16(14)24-6-13(23)19(7-24)1-2-19/h3,5,10,12-13H,1-2,4,6-7,23H2,(H,27,28)/t10-,12+,13+/m0/s1. The molecule has 2 aromatic rings. The minimum absolute atomic E-state index is 0.0220. The van der Waals surface area contributed by atoms with Crippen LogP contribution < -0.4 is 16.1 Å². The first-order chi connectivity index (χ1) is 13.2. The number of aromatic carboxylic acids is 1. The molecule has 3 fully saturated rings. The second-order valence-electron chi connectivity index (χ2n) is 8.17. The number of carboxylic acid groups (broad SMARTS) is 1. The third kappa shape index (κ3) is 2.45. The van der Waals surface area contributed by atoms with Gasteiger partial charge in [-0.25, -0.2) is 13.6 Å². The molecule has 0 bridgehead atoms. The first kappa shape index (κ1) is 18.1. The van der Waals surface area contributed by atoms with Gasteiger partial charge < -0.3 is 20.3 Å². The number of fused-ring (bicyclic) bond motifs is 1. The zero-order valence-electron chi connectivity index (χ0n) is 14.8. The van der Waals surface area contributed by atoms with Gasteiger partial charge in [0.25, 0.3) is 0 Å². The number of nitrogens with zero attached hydrogens (tertiary/aromatic N) is 2. The summed E-state index contributed by atoms with van der Waals surface area (Å²) in [5, 5.41) is 9.27. The fourth-order valence-electron chi connectivity index (χ4n) is 4.43. The molecule has 3 N–H and O–H groups in total. The number of hydrogen-bond acceptors (Lipinski definition) is 4. The van der Waals surface area contributed by atoms with Crippen molar-refractivity contribution in [2.45, 2.75) is 37.5 Å². The van der Waals surface area contributed by atoms with Crippen LogP contribution in [0.15, 0.2) is 21.5 Å². The molecule has 0 amide bonds. The lowest BCUT2D eigenvalue weighted by Gasteiger charge is -2.23. The summed E-state index contributed by atoms with van der Waals surface area (Å²) < 4.78 is 30.7. The van der Waals surface area contributed by atoms with E-state index >= 15 is 4.39 Å². The van der Waals surface area contributed by atoms with Crippen LogP contribution in [0.4, 0.5) is 14.5 Å². The quantitative estimate of drug-likeness (QED) is 0.745. The Hall–Kier alpha value is -2.00. The molecule has 0 radical (unpaired) electrons. The van der Waals surface area contributed by atoms with Gasteiger partial charge in [-0.2, -0.15) is 0 Å². The maximum absolute atomic E-state index is 15.1. The van der Waals surface area contributed by atoms with Crippen molar-refractivity contribution < 1.29 is 18.7 Å². The Morgan fingerprint density at radius 1 is 1.39 bits per heavy atom. The number of alkyl halides is 1. The first-order valence-electron chi connectivity index (χ1n) is 9.18. The number of carboxylic acids is 1. The summed E-state index contributed by atoms with van der Waals surface area (Å²) in [6.45, 7) is 1.12. The van der Waals surface area contributed by atoms with Crippen molar-refractivity contribution in [3.63, 3.8) is 0 Å². The van der Waals surface area contributed by atoms with Gasteiger partial charge in [-0.1, -0.05) is 0 Å². The first-order valence-corrected chi connectivity index (χ1v) is 9.97. The fourth-order valence-corrected chi connectivity index (χ4v) is 5.29. The maximum atomic E-state index is 15.1. The highest BCUT2D eigenvalue weighted by molar-refractivity contribution is 9.10. The predicted molar refractivity (Wildman–Crippen MR) is 103 cm³/mol. The Kier molecular flexibility index (Phi) is 3.71. The highest BCUT2D eigenvalue weighted by Gasteiger charge is 2.54. The van der Waals surface area contributed by atoms with E-state index in [1.807, 2.05) is 4.90 Å². The van der Waals surface area contributed by atoms with Crippen molar-refractivity contribution in [2.75, 3.05) is 18.0 Å². The molecule has 0 unspecified atom stereocenters. The molecule has 3 aliphatic rings.